The molecule has 0 atom stereocenters. The Hall–Kier alpha value is -1.56. The normalized spacial score (nSPS) is 12.2. The molecule has 0 aliphatic heterocycles. The molecule has 0 N–H and O–H groups in total. The second-order valence-corrected chi connectivity index (χ2v) is 8.84. The lowest BCUT2D eigenvalue weighted by atomic mass is 9.87. The van der Waals surface area contributed by atoms with Gasteiger partial charge < -0.3 is 0 Å². The van der Waals surface area contributed by atoms with Crippen molar-refractivity contribution in [3.63, 3.8) is 0 Å². The highest BCUT2D eigenvalue weighted by molar-refractivity contribution is 5.79. The number of unbranched alkanes of at least 4 members (excludes halogenated alkanes) is 8. The Morgan fingerprint density at radius 2 is 1.32 bits per heavy atom. The van der Waals surface area contributed by atoms with Crippen LogP contribution in [0.3, 0.4) is 0 Å². The minimum absolute atomic E-state index is 1.15. The maximum absolute atomic E-state index is 2.50. The SMILES string of the molecule is CCCCCCCCCCc1c(C)cc2c(c1CCCC)Cc1ccccc1-2. The molecule has 0 heterocycles. The smallest absolute Gasteiger partial charge is 0.00106 e. The minimum Gasteiger partial charge on any atom is -0.0654 e. The van der Waals surface area contributed by atoms with E-state index in [1.807, 2.05) is 0 Å². The Morgan fingerprint density at radius 3 is 2.07 bits per heavy atom. The average Bonchev–Trinajstić information content (AvgIpc) is 3.07. The van der Waals surface area contributed by atoms with Crippen LogP contribution < -0.4 is 0 Å². The summed E-state index contributed by atoms with van der Waals surface area (Å²) < 4.78 is 0. The number of rotatable bonds is 12. The summed E-state index contributed by atoms with van der Waals surface area (Å²) in [6.07, 6.45) is 17.5. The molecule has 0 fully saturated rings. The van der Waals surface area contributed by atoms with E-state index >= 15 is 0 Å². The first-order valence-corrected chi connectivity index (χ1v) is 12.0. The quantitative estimate of drug-likeness (QED) is 0.278. The van der Waals surface area contributed by atoms with Crippen molar-refractivity contribution >= 4 is 0 Å². The Balaban J connectivity index is 1.68. The fourth-order valence-corrected chi connectivity index (χ4v) is 4.98. The molecule has 1 aliphatic rings. The van der Waals surface area contributed by atoms with Crippen molar-refractivity contribution in [2.75, 3.05) is 0 Å². The second kappa shape index (κ2) is 10.8. The third-order valence-corrected chi connectivity index (χ3v) is 6.63. The molecule has 0 spiro atoms. The molecule has 0 amide bonds. The van der Waals surface area contributed by atoms with E-state index in [4.69, 9.17) is 0 Å². The van der Waals surface area contributed by atoms with E-state index in [1.54, 1.807) is 16.7 Å². The van der Waals surface area contributed by atoms with Gasteiger partial charge in [0, 0.05) is 0 Å². The molecular weight excluding hydrogens is 336 g/mol. The van der Waals surface area contributed by atoms with E-state index in [0.29, 0.717) is 0 Å². The van der Waals surface area contributed by atoms with Crippen molar-refractivity contribution in [3.8, 4) is 11.1 Å². The van der Waals surface area contributed by atoms with Crippen LogP contribution in [0.15, 0.2) is 30.3 Å². The first-order valence-electron chi connectivity index (χ1n) is 12.0. The highest BCUT2D eigenvalue weighted by atomic mass is 14.3. The Bertz CT molecular complexity index is 753. The van der Waals surface area contributed by atoms with Gasteiger partial charge in [-0.25, -0.2) is 0 Å². The highest BCUT2D eigenvalue weighted by Gasteiger charge is 2.23. The van der Waals surface area contributed by atoms with Crippen molar-refractivity contribution in [1.82, 2.24) is 0 Å². The van der Waals surface area contributed by atoms with Crippen LogP contribution in [0.25, 0.3) is 11.1 Å². The van der Waals surface area contributed by atoms with E-state index in [9.17, 15) is 0 Å². The van der Waals surface area contributed by atoms with Crippen molar-refractivity contribution < 1.29 is 0 Å². The molecule has 0 bridgehead atoms. The molecule has 0 saturated heterocycles. The molecule has 0 unspecified atom stereocenters. The molecular formula is C28H40. The predicted octanol–water partition coefficient (Wildman–Crippen LogP) is 8.59. The summed E-state index contributed by atoms with van der Waals surface area (Å²) >= 11 is 0. The maximum Gasteiger partial charge on any atom is -0.00106 e. The van der Waals surface area contributed by atoms with Crippen molar-refractivity contribution in [1.29, 1.82) is 0 Å². The van der Waals surface area contributed by atoms with E-state index in [-0.39, 0.29) is 0 Å². The molecule has 0 aromatic heterocycles. The average molecular weight is 377 g/mol. The van der Waals surface area contributed by atoms with Crippen LogP contribution in [-0.4, -0.2) is 0 Å². The Morgan fingerprint density at radius 1 is 0.679 bits per heavy atom. The summed E-state index contributed by atoms with van der Waals surface area (Å²) in [6, 6.07) is 11.5. The van der Waals surface area contributed by atoms with Gasteiger partial charge in [0.05, 0.1) is 0 Å². The van der Waals surface area contributed by atoms with Gasteiger partial charge in [-0.2, -0.15) is 0 Å². The fraction of sp³-hybridized carbons (Fsp3) is 0.571. The van der Waals surface area contributed by atoms with Crippen LogP contribution in [0.4, 0.5) is 0 Å². The van der Waals surface area contributed by atoms with Gasteiger partial charge in [0.25, 0.3) is 0 Å². The summed E-state index contributed by atoms with van der Waals surface area (Å²) in [5.74, 6) is 0. The summed E-state index contributed by atoms with van der Waals surface area (Å²) in [7, 11) is 0. The molecule has 3 rings (SSSR count). The Kier molecular flexibility index (Phi) is 8.19. The van der Waals surface area contributed by atoms with E-state index in [0.717, 1.165) is 6.42 Å². The van der Waals surface area contributed by atoms with Crippen LogP contribution in [0.1, 0.15) is 106 Å². The predicted molar refractivity (Wildman–Crippen MR) is 124 cm³/mol. The van der Waals surface area contributed by atoms with Crippen molar-refractivity contribution in [3.05, 3.63) is 58.1 Å². The summed E-state index contributed by atoms with van der Waals surface area (Å²) in [5, 5.41) is 0. The van der Waals surface area contributed by atoms with Gasteiger partial charge in [-0.05, 0) is 78.0 Å². The molecule has 0 saturated carbocycles. The zero-order valence-electron chi connectivity index (χ0n) is 18.6. The molecule has 152 valence electrons. The molecule has 2 aromatic carbocycles. The summed E-state index contributed by atoms with van der Waals surface area (Å²) in [4.78, 5) is 0. The van der Waals surface area contributed by atoms with Crippen LogP contribution >= 0.6 is 0 Å². The van der Waals surface area contributed by atoms with Crippen molar-refractivity contribution in [2.45, 2.75) is 104 Å². The number of aryl methyl sites for hydroxylation is 1. The first-order chi connectivity index (χ1) is 13.8. The Labute approximate surface area is 173 Å². The highest BCUT2D eigenvalue weighted by Crippen LogP contribution is 2.41. The van der Waals surface area contributed by atoms with Gasteiger partial charge in [-0.15, -0.1) is 0 Å². The van der Waals surface area contributed by atoms with Gasteiger partial charge in [0.15, 0.2) is 0 Å². The summed E-state index contributed by atoms with van der Waals surface area (Å²) in [6.45, 7) is 6.98. The van der Waals surface area contributed by atoms with E-state index in [2.05, 4.69) is 51.1 Å². The van der Waals surface area contributed by atoms with Crippen LogP contribution in [0.5, 0.6) is 0 Å². The van der Waals surface area contributed by atoms with Crippen LogP contribution in [-0.2, 0) is 19.3 Å². The molecule has 0 nitrogen and oxygen atoms in total. The molecule has 0 radical (unpaired) electrons. The lowest BCUT2D eigenvalue weighted by Gasteiger charge is -2.18. The van der Waals surface area contributed by atoms with Gasteiger partial charge in [0.2, 0.25) is 0 Å². The zero-order chi connectivity index (χ0) is 19.8. The van der Waals surface area contributed by atoms with Gasteiger partial charge in [-0.1, -0.05) is 95.5 Å². The third-order valence-electron chi connectivity index (χ3n) is 6.63. The standard InChI is InChI=1S/C28H40/c1-4-6-8-9-10-11-12-13-18-24-22(3)20-27-25-19-15-14-16-23(25)21-28(27)26(24)17-7-5-2/h14-16,19-20H,4-13,17-18,21H2,1-3H3. The lowest BCUT2D eigenvalue weighted by molar-refractivity contribution is 0.574. The fourth-order valence-electron chi connectivity index (χ4n) is 4.98. The molecule has 28 heavy (non-hydrogen) atoms. The molecule has 2 aromatic rings. The van der Waals surface area contributed by atoms with E-state index < -0.39 is 0 Å². The molecule has 0 heteroatoms. The minimum atomic E-state index is 1.15. The largest absolute Gasteiger partial charge is 0.0654 e. The number of benzene rings is 2. The van der Waals surface area contributed by atoms with Gasteiger partial charge >= 0.3 is 0 Å². The molecule has 1 aliphatic carbocycles. The number of hydrogen-bond donors (Lipinski definition) is 0. The zero-order valence-corrected chi connectivity index (χ0v) is 18.6. The first kappa shape index (κ1) is 21.2. The number of fused-ring (bicyclic) bond motifs is 3. The number of hydrogen-bond acceptors (Lipinski definition) is 0. The second-order valence-electron chi connectivity index (χ2n) is 8.84. The maximum atomic E-state index is 2.50. The topological polar surface area (TPSA) is 0 Å². The van der Waals surface area contributed by atoms with Crippen LogP contribution in [0, 0.1) is 6.92 Å². The van der Waals surface area contributed by atoms with Gasteiger partial charge in [0.1, 0.15) is 0 Å². The lowest BCUT2D eigenvalue weighted by Crippen LogP contribution is -2.04. The van der Waals surface area contributed by atoms with Crippen molar-refractivity contribution in [2.24, 2.45) is 0 Å². The monoisotopic (exact) mass is 376 g/mol. The van der Waals surface area contributed by atoms with E-state index in [1.165, 1.54) is 99.3 Å². The third kappa shape index (κ3) is 5.07. The van der Waals surface area contributed by atoms with Crippen LogP contribution in [0.2, 0.25) is 0 Å². The summed E-state index contributed by atoms with van der Waals surface area (Å²) in [5.41, 5.74) is 11.1. The van der Waals surface area contributed by atoms with Gasteiger partial charge in [-0.3, -0.25) is 0 Å².